The fraction of sp³-hybridized carbons (Fsp3) is 0.533. The summed E-state index contributed by atoms with van der Waals surface area (Å²) in [6, 6.07) is 7.86. The van der Waals surface area contributed by atoms with Crippen LogP contribution in [0.3, 0.4) is 0 Å². The Bertz CT molecular complexity index is 541. The van der Waals surface area contributed by atoms with Crippen molar-refractivity contribution < 1.29 is 9.53 Å². The molecule has 0 saturated carbocycles. The van der Waals surface area contributed by atoms with E-state index < -0.39 is 0 Å². The predicted molar refractivity (Wildman–Crippen MR) is 78.8 cm³/mol. The van der Waals surface area contributed by atoms with Gasteiger partial charge in [-0.25, -0.2) is 4.98 Å². The number of esters is 1. The van der Waals surface area contributed by atoms with E-state index in [-0.39, 0.29) is 12.0 Å². The summed E-state index contributed by atoms with van der Waals surface area (Å²) in [4.78, 5) is 20.0. The number of hydrogen-bond acceptors (Lipinski definition) is 6. The third kappa shape index (κ3) is 3.92. The average Bonchev–Trinajstić information content (AvgIpc) is 2.52. The number of nitriles is 1. The van der Waals surface area contributed by atoms with Crippen LogP contribution in [0.2, 0.25) is 0 Å². The molecule has 112 valence electrons. The molecule has 6 nitrogen and oxygen atoms in total. The molecule has 1 atom stereocenters. The Labute approximate surface area is 124 Å². The summed E-state index contributed by atoms with van der Waals surface area (Å²) in [5.41, 5.74) is 0.438. The van der Waals surface area contributed by atoms with Gasteiger partial charge in [0.15, 0.2) is 0 Å². The molecule has 1 fully saturated rings. The zero-order valence-corrected chi connectivity index (χ0v) is 12.5. The number of pyridine rings is 1. The van der Waals surface area contributed by atoms with Crippen LogP contribution in [0.1, 0.15) is 19.0 Å². The molecule has 0 spiro atoms. The highest BCUT2D eigenvalue weighted by Gasteiger charge is 2.25. The van der Waals surface area contributed by atoms with E-state index in [1.165, 1.54) is 7.11 Å². The van der Waals surface area contributed by atoms with E-state index in [0.717, 1.165) is 32.0 Å². The summed E-state index contributed by atoms with van der Waals surface area (Å²) in [5.74, 6) is 0.669. The molecule has 2 rings (SSSR count). The van der Waals surface area contributed by atoms with Gasteiger partial charge in [-0.1, -0.05) is 6.07 Å². The Hall–Kier alpha value is -2.13. The first-order chi connectivity index (χ1) is 10.1. The Morgan fingerprint density at radius 2 is 2.33 bits per heavy atom. The predicted octanol–water partition coefficient (Wildman–Crippen LogP) is 1.03. The highest BCUT2D eigenvalue weighted by molar-refractivity contribution is 5.69. The van der Waals surface area contributed by atoms with Crippen molar-refractivity contribution in [3.8, 4) is 6.07 Å². The van der Waals surface area contributed by atoms with Crippen molar-refractivity contribution >= 4 is 11.8 Å². The Balaban J connectivity index is 1.94. The topological polar surface area (TPSA) is 69.5 Å². The standard InChI is InChI=1S/C15H20N4O2/c1-12-11-18(7-6-15(20)21-2)8-9-19(12)14-5-3-4-13(10-16)17-14/h3-5,12H,6-9,11H2,1-2H3/t12-/m1/s1. The number of rotatable bonds is 4. The largest absolute Gasteiger partial charge is 0.469 e. The summed E-state index contributed by atoms with van der Waals surface area (Å²) >= 11 is 0. The zero-order chi connectivity index (χ0) is 15.2. The van der Waals surface area contributed by atoms with Crippen molar-refractivity contribution in [2.75, 3.05) is 38.2 Å². The van der Waals surface area contributed by atoms with E-state index in [4.69, 9.17) is 5.26 Å². The Morgan fingerprint density at radius 1 is 1.52 bits per heavy atom. The molecule has 1 aliphatic heterocycles. The van der Waals surface area contributed by atoms with E-state index in [0.29, 0.717) is 12.1 Å². The van der Waals surface area contributed by atoms with Gasteiger partial charge in [-0.15, -0.1) is 0 Å². The summed E-state index contributed by atoms with van der Waals surface area (Å²) in [6.07, 6.45) is 0.422. The first-order valence-corrected chi connectivity index (χ1v) is 7.07. The number of carbonyl (C=O) groups is 1. The lowest BCUT2D eigenvalue weighted by atomic mass is 10.1. The van der Waals surface area contributed by atoms with Gasteiger partial charge in [0.1, 0.15) is 17.6 Å². The molecule has 6 heteroatoms. The minimum atomic E-state index is -0.173. The molecule has 0 N–H and O–H groups in total. The number of hydrogen-bond donors (Lipinski definition) is 0. The van der Waals surface area contributed by atoms with Gasteiger partial charge in [-0.2, -0.15) is 5.26 Å². The fourth-order valence-electron chi connectivity index (χ4n) is 2.57. The van der Waals surface area contributed by atoms with Crippen molar-refractivity contribution in [3.05, 3.63) is 23.9 Å². The number of aromatic nitrogens is 1. The first kappa shape index (κ1) is 15.3. The molecule has 0 unspecified atom stereocenters. The molecular formula is C15H20N4O2. The van der Waals surface area contributed by atoms with Crippen molar-refractivity contribution in [1.82, 2.24) is 9.88 Å². The second-order valence-electron chi connectivity index (χ2n) is 5.16. The van der Waals surface area contributed by atoms with Gasteiger partial charge < -0.3 is 9.64 Å². The molecule has 0 amide bonds. The van der Waals surface area contributed by atoms with Crippen LogP contribution in [0.5, 0.6) is 0 Å². The van der Waals surface area contributed by atoms with E-state index >= 15 is 0 Å². The van der Waals surface area contributed by atoms with Crippen LogP contribution < -0.4 is 4.90 Å². The van der Waals surface area contributed by atoms with Crippen LogP contribution in [0, 0.1) is 11.3 Å². The Kier molecular flexibility index (Phi) is 5.12. The molecular weight excluding hydrogens is 268 g/mol. The highest BCUT2D eigenvalue weighted by Crippen LogP contribution is 2.18. The summed E-state index contributed by atoms with van der Waals surface area (Å²) < 4.78 is 4.67. The van der Waals surface area contributed by atoms with Gasteiger partial charge in [0.05, 0.1) is 13.5 Å². The summed E-state index contributed by atoms with van der Waals surface area (Å²) in [5, 5.41) is 8.93. The van der Waals surface area contributed by atoms with Gasteiger partial charge in [0, 0.05) is 32.2 Å². The maximum absolute atomic E-state index is 11.2. The zero-order valence-electron chi connectivity index (χ0n) is 12.5. The second-order valence-corrected chi connectivity index (χ2v) is 5.16. The van der Waals surface area contributed by atoms with Crippen molar-refractivity contribution in [1.29, 1.82) is 5.26 Å². The lowest BCUT2D eigenvalue weighted by Crippen LogP contribution is -2.52. The molecule has 0 radical (unpaired) electrons. The van der Waals surface area contributed by atoms with Gasteiger partial charge in [0.25, 0.3) is 0 Å². The second kappa shape index (κ2) is 7.04. The van der Waals surface area contributed by atoms with Crippen molar-refractivity contribution in [2.24, 2.45) is 0 Å². The number of carbonyl (C=O) groups excluding carboxylic acids is 1. The van der Waals surface area contributed by atoms with Crippen molar-refractivity contribution in [2.45, 2.75) is 19.4 Å². The monoisotopic (exact) mass is 288 g/mol. The minimum absolute atomic E-state index is 0.173. The number of anilines is 1. The van der Waals surface area contributed by atoms with E-state index in [1.54, 1.807) is 6.07 Å². The number of methoxy groups -OCH3 is 1. The molecule has 1 aromatic heterocycles. The number of piperazine rings is 1. The Morgan fingerprint density at radius 3 is 3.00 bits per heavy atom. The minimum Gasteiger partial charge on any atom is -0.469 e. The normalized spacial score (nSPS) is 19.1. The van der Waals surface area contributed by atoms with Crippen LogP contribution in [-0.2, 0) is 9.53 Å². The van der Waals surface area contributed by atoms with Crippen LogP contribution in [0.25, 0.3) is 0 Å². The number of nitrogens with zero attached hydrogens (tertiary/aromatic N) is 4. The SMILES string of the molecule is COC(=O)CCN1CCN(c2cccc(C#N)n2)[C@H](C)C1. The molecule has 0 aromatic carbocycles. The third-order valence-electron chi connectivity index (χ3n) is 3.71. The smallest absolute Gasteiger partial charge is 0.306 e. The average molecular weight is 288 g/mol. The third-order valence-corrected chi connectivity index (χ3v) is 3.71. The number of ether oxygens (including phenoxy) is 1. The lowest BCUT2D eigenvalue weighted by molar-refractivity contribution is -0.141. The maximum atomic E-state index is 11.2. The van der Waals surface area contributed by atoms with Crippen LogP contribution >= 0.6 is 0 Å². The molecule has 1 saturated heterocycles. The maximum Gasteiger partial charge on any atom is 0.306 e. The van der Waals surface area contributed by atoms with Gasteiger partial charge in [-0.05, 0) is 19.1 Å². The molecule has 2 heterocycles. The first-order valence-electron chi connectivity index (χ1n) is 7.07. The van der Waals surface area contributed by atoms with Crippen LogP contribution in [0.4, 0.5) is 5.82 Å². The summed E-state index contributed by atoms with van der Waals surface area (Å²) in [6.45, 7) is 5.43. The van der Waals surface area contributed by atoms with Crippen LogP contribution in [0.15, 0.2) is 18.2 Å². The van der Waals surface area contributed by atoms with Gasteiger partial charge >= 0.3 is 5.97 Å². The summed E-state index contributed by atoms with van der Waals surface area (Å²) in [7, 11) is 1.41. The van der Waals surface area contributed by atoms with Gasteiger partial charge in [-0.3, -0.25) is 9.69 Å². The molecule has 1 aliphatic rings. The highest BCUT2D eigenvalue weighted by atomic mass is 16.5. The van der Waals surface area contributed by atoms with E-state index in [1.807, 2.05) is 12.1 Å². The lowest BCUT2D eigenvalue weighted by Gasteiger charge is -2.40. The van der Waals surface area contributed by atoms with Gasteiger partial charge in [0.2, 0.25) is 0 Å². The van der Waals surface area contributed by atoms with Crippen LogP contribution in [-0.4, -0.2) is 55.2 Å². The fourth-order valence-corrected chi connectivity index (χ4v) is 2.57. The van der Waals surface area contributed by atoms with E-state index in [2.05, 4.69) is 32.5 Å². The van der Waals surface area contributed by atoms with E-state index in [9.17, 15) is 4.79 Å². The molecule has 0 bridgehead atoms. The molecule has 0 aliphatic carbocycles. The van der Waals surface area contributed by atoms with Crippen molar-refractivity contribution in [3.63, 3.8) is 0 Å². The quantitative estimate of drug-likeness (QED) is 0.771. The molecule has 21 heavy (non-hydrogen) atoms. The molecule has 1 aromatic rings.